The smallest absolute Gasteiger partial charge is 0.328 e. The minimum absolute atomic E-state index is 0.0413. The summed E-state index contributed by atoms with van der Waals surface area (Å²) in [5, 5.41) is 22.5. The van der Waals surface area contributed by atoms with Crippen molar-refractivity contribution in [3.05, 3.63) is 65.5 Å². The van der Waals surface area contributed by atoms with Crippen LogP contribution in [0.25, 0.3) is 5.57 Å². The highest BCUT2D eigenvalue weighted by atomic mass is 16.5. The second-order valence-corrected chi connectivity index (χ2v) is 6.92. The van der Waals surface area contributed by atoms with Crippen molar-refractivity contribution in [2.75, 3.05) is 13.1 Å². The molecule has 0 saturated carbocycles. The second-order valence-electron chi connectivity index (χ2n) is 6.92. The number of carboxylic acid groups (broad SMARTS) is 1. The van der Waals surface area contributed by atoms with Crippen LogP contribution < -0.4 is 10.1 Å². The topological polar surface area (TPSA) is 91.7 Å². The summed E-state index contributed by atoms with van der Waals surface area (Å²) in [7, 11) is 0. The fourth-order valence-corrected chi connectivity index (χ4v) is 3.40. The van der Waals surface area contributed by atoms with Crippen molar-refractivity contribution in [2.45, 2.75) is 38.4 Å². The van der Waals surface area contributed by atoms with Gasteiger partial charge in [-0.3, -0.25) is 4.98 Å². The van der Waals surface area contributed by atoms with Crippen LogP contribution in [-0.2, 0) is 11.2 Å². The average molecular weight is 382 g/mol. The summed E-state index contributed by atoms with van der Waals surface area (Å²) in [6.45, 7) is 3.04. The number of aliphatic carboxylic acids is 1. The van der Waals surface area contributed by atoms with Gasteiger partial charge in [-0.05, 0) is 54.2 Å². The number of nitrogens with one attached hydrogen (secondary N) is 1. The first-order valence-corrected chi connectivity index (χ1v) is 9.59. The predicted octanol–water partition coefficient (Wildman–Crippen LogP) is 2.98. The van der Waals surface area contributed by atoms with E-state index in [9.17, 15) is 9.90 Å². The number of aliphatic hydroxyl groups excluding tert-OH is 1. The van der Waals surface area contributed by atoms with Crippen LogP contribution in [0.2, 0.25) is 0 Å². The number of nitrogens with zero attached hydrogens (tertiary/aromatic N) is 1. The Morgan fingerprint density at radius 1 is 1.43 bits per heavy atom. The van der Waals surface area contributed by atoms with E-state index in [0.717, 1.165) is 40.9 Å². The van der Waals surface area contributed by atoms with Crippen molar-refractivity contribution in [1.29, 1.82) is 0 Å². The number of aliphatic hydroxyl groups is 1. The number of allylic oxidation sites excluding steroid dienone is 1. The van der Waals surface area contributed by atoms with E-state index >= 15 is 0 Å². The average Bonchev–Trinajstić information content (AvgIpc) is 2.72. The zero-order valence-corrected chi connectivity index (χ0v) is 16.0. The third-order valence-electron chi connectivity index (χ3n) is 4.92. The first-order chi connectivity index (χ1) is 13.6. The highest BCUT2D eigenvalue weighted by Crippen LogP contribution is 2.31. The van der Waals surface area contributed by atoms with E-state index in [4.69, 9.17) is 9.84 Å². The highest BCUT2D eigenvalue weighted by molar-refractivity contribution is 5.90. The van der Waals surface area contributed by atoms with Crippen LogP contribution in [0.15, 0.2) is 48.8 Å². The molecule has 0 spiro atoms. The van der Waals surface area contributed by atoms with Gasteiger partial charge in [0.15, 0.2) is 0 Å². The molecule has 2 heterocycles. The molecule has 0 unspecified atom stereocenters. The summed E-state index contributed by atoms with van der Waals surface area (Å²) in [6, 6.07) is 9.53. The molecule has 0 bridgehead atoms. The van der Waals surface area contributed by atoms with Crippen molar-refractivity contribution >= 4 is 11.5 Å². The number of aryl methyl sites for hydroxylation is 1. The van der Waals surface area contributed by atoms with Gasteiger partial charge in [-0.25, -0.2) is 4.79 Å². The van der Waals surface area contributed by atoms with Crippen LogP contribution >= 0.6 is 0 Å². The Morgan fingerprint density at radius 3 is 3.00 bits per heavy atom. The van der Waals surface area contributed by atoms with Crippen LogP contribution in [0.1, 0.15) is 42.6 Å². The van der Waals surface area contributed by atoms with Gasteiger partial charge >= 0.3 is 5.97 Å². The molecule has 1 aromatic heterocycles. The van der Waals surface area contributed by atoms with E-state index in [1.54, 1.807) is 12.4 Å². The number of ether oxygens (including phenoxy) is 1. The molecule has 6 nitrogen and oxygen atoms in total. The predicted molar refractivity (Wildman–Crippen MR) is 107 cm³/mol. The van der Waals surface area contributed by atoms with Crippen molar-refractivity contribution in [2.24, 2.45) is 0 Å². The van der Waals surface area contributed by atoms with E-state index < -0.39 is 12.1 Å². The first kappa shape index (κ1) is 20.0. The number of hydrogen-bond acceptors (Lipinski definition) is 5. The van der Waals surface area contributed by atoms with E-state index in [-0.39, 0.29) is 6.10 Å². The molecule has 2 atom stereocenters. The molecule has 0 radical (unpaired) electrons. The molecule has 3 rings (SSSR count). The van der Waals surface area contributed by atoms with Crippen LogP contribution in [-0.4, -0.2) is 40.4 Å². The van der Waals surface area contributed by atoms with E-state index in [1.807, 2.05) is 37.3 Å². The molecule has 148 valence electrons. The molecule has 0 fully saturated rings. The first-order valence-electron chi connectivity index (χ1n) is 9.59. The Morgan fingerprint density at radius 2 is 2.29 bits per heavy atom. The van der Waals surface area contributed by atoms with Gasteiger partial charge in [-0.15, -0.1) is 0 Å². The second kappa shape index (κ2) is 9.48. The zero-order valence-electron chi connectivity index (χ0n) is 16.0. The molecule has 1 aliphatic heterocycles. The molecule has 1 aliphatic rings. The Balaban J connectivity index is 1.55. The van der Waals surface area contributed by atoms with Crippen LogP contribution in [0.5, 0.6) is 5.75 Å². The number of rotatable bonds is 8. The summed E-state index contributed by atoms with van der Waals surface area (Å²) in [4.78, 5) is 15.0. The fourth-order valence-electron chi connectivity index (χ4n) is 3.40. The van der Waals surface area contributed by atoms with E-state index in [1.165, 1.54) is 6.08 Å². The van der Waals surface area contributed by atoms with Crippen molar-refractivity contribution < 1.29 is 19.7 Å². The highest BCUT2D eigenvalue weighted by Gasteiger charge is 2.20. The molecule has 0 saturated heterocycles. The van der Waals surface area contributed by atoms with Crippen molar-refractivity contribution in [1.82, 2.24) is 10.3 Å². The van der Waals surface area contributed by atoms with E-state index in [0.29, 0.717) is 19.5 Å². The van der Waals surface area contributed by atoms with Crippen molar-refractivity contribution in [3.63, 3.8) is 0 Å². The maximum Gasteiger partial charge on any atom is 0.328 e. The standard InChI is InChI=1S/C22H26N2O4/c1-2-15(11-22(26)27)16-6-8-21-17(10-16)5-7-19(28-21)13-24-14-20(25)18-4-3-9-23-12-18/h3-4,6,8-12,19-20,24-25H,2,5,7,13-14H2,1H3,(H,26,27)/b15-11+/t19-,20+/m0/s1. The van der Waals surface area contributed by atoms with Gasteiger partial charge in [-0.2, -0.15) is 0 Å². The lowest BCUT2D eigenvalue weighted by Gasteiger charge is -2.27. The molecule has 3 N–H and O–H groups in total. The molecule has 6 heteroatoms. The van der Waals surface area contributed by atoms with Gasteiger partial charge < -0.3 is 20.3 Å². The zero-order chi connectivity index (χ0) is 19.9. The van der Waals surface area contributed by atoms with Gasteiger partial charge in [0, 0.05) is 37.1 Å². The van der Waals surface area contributed by atoms with Crippen LogP contribution in [0, 0.1) is 0 Å². The molecule has 28 heavy (non-hydrogen) atoms. The summed E-state index contributed by atoms with van der Waals surface area (Å²) in [5.74, 6) is -0.0779. The molecular weight excluding hydrogens is 356 g/mol. The van der Waals surface area contributed by atoms with Gasteiger partial charge in [0.25, 0.3) is 0 Å². The molecule has 0 amide bonds. The number of hydrogen-bond donors (Lipinski definition) is 3. The lowest BCUT2D eigenvalue weighted by atomic mass is 9.95. The van der Waals surface area contributed by atoms with E-state index in [2.05, 4.69) is 10.3 Å². The molecule has 0 aliphatic carbocycles. The van der Waals surface area contributed by atoms with Gasteiger partial charge in [0.05, 0.1) is 6.10 Å². The Bertz CT molecular complexity index is 836. The number of carboxylic acids is 1. The normalized spacial score (nSPS) is 17.5. The maximum atomic E-state index is 11.0. The summed E-state index contributed by atoms with van der Waals surface area (Å²) in [5.41, 5.74) is 3.64. The lowest BCUT2D eigenvalue weighted by Crippen LogP contribution is -2.36. The third kappa shape index (κ3) is 5.18. The quantitative estimate of drug-likeness (QED) is 0.608. The molecule has 1 aromatic carbocycles. The number of pyridine rings is 1. The third-order valence-corrected chi connectivity index (χ3v) is 4.92. The lowest BCUT2D eigenvalue weighted by molar-refractivity contribution is -0.131. The Hall–Kier alpha value is -2.70. The SMILES string of the molecule is CC/C(=C\C(=O)O)c1ccc2c(c1)CC[C@@H](CNC[C@@H](O)c1cccnc1)O2. The number of benzene rings is 1. The number of aromatic nitrogens is 1. The van der Waals surface area contributed by atoms with Crippen LogP contribution in [0.3, 0.4) is 0 Å². The number of carbonyl (C=O) groups is 1. The monoisotopic (exact) mass is 382 g/mol. The summed E-state index contributed by atoms with van der Waals surface area (Å²) >= 11 is 0. The van der Waals surface area contributed by atoms with Crippen molar-refractivity contribution in [3.8, 4) is 5.75 Å². The number of fused-ring (bicyclic) bond motifs is 1. The Kier molecular flexibility index (Phi) is 6.79. The van der Waals surface area contributed by atoms with Gasteiger partial charge in [0.2, 0.25) is 0 Å². The molecule has 2 aromatic rings. The van der Waals surface area contributed by atoms with Gasteiger partial charge in [-0.1, -0.05) is 19.1 Å². The largest absolute Gasteiger partial charge is 0.489 e. The summed E-state index contributed by atoms with van der Waals surface area (Å²) in [6.07, 6.45) is 6.48. The van der Waals surface area contributed by atoms with Gasteiger partial charge in [0.1, 0.15) is 11.9 Å². The van der Waals surface area contributed by atoms with Crippen LogP contribution in [0.4, 0.5) is 0 Å². The summed E-state index contributed by atoms with van der Waals surface area (Å²) < 4.78 is 6.08. The fraction of sp³-hybridized carbons (Fsp3) is 0.364. The minimum Gasteiger partial charge on any atom is -0.489 e. The minimum atomic E-state index is -0.926. The molecular formula is C22H26N2O4. The Labute approximate surface area is 164 Å². The maximum absolute atomic E-state index is 11.0.